The number of carbonyl (C=O) groups is 1. The molecular formula is C14H10Cl2O2S. The van der Waals surface area contributed by atoms with Crippen LogP contribution in [-0.4, -0.2) is 11.1 Å². The Labute approximate surface area is 125 Å². The molecule has 2 aromatic carbocycles. The van der Waals surface area contributed by atoms with Gasteiger partial charge in [-0.2, -0.15) is 0 Å². The fraction of sp³-hybridized carbons (Fsp3) is 0.0714. The molecule has 0 atom stereocenters. The molecular weight excluding hydrogens is 303 g/mol. The molecule has 0 fully saturated rings. The second-order valence-electron chi connectivity index (χ2n) is 3.87. The monoisotopic (exact) mass is 312 g/mol. The molecule has 0 radical (unpaired) electrons. The lowest BCUT2D eigenvalue weighted by Gasteiger charge is -2.05. The third kappa shape index (κ3) is 3.90. The Hall–Kier alpha value is -1.16. The number of aromatic carboxylic acids is 1. The molecule has 0 saturated carbocycles. The molecule has 0 heterocycles. The molecule has 0 aliphatic rings. The molecule has 0 aromatic heterocycles. The number of carboxylic acid groups (broad SMARTS) is 1. The van der Waals surface area contributed by atoms with Gasteiger partial charge in [-0.25, -0.2) is 4.79 Å². The van der Waals surface area contributed by atoms with E-state index < -0.39 is 5.97 Å². The first-order valence-corrected chi connectivity index (χ1v) is 7.20. The van der Waals surface area contributed by atoms with Crippen molar-refractivity contribution in [3.63, 3.8) is 0 Å². The van der Waals surface area contributed by atoms with E-state index in [4.69, 9.17) is 28.3 Å². The summed E-state index contributed by atoms with van der Waals surface area (Å²) in [6.07, 6.45) is 0. The number of benzene rings is 2. The van der Waals surface area contributed by atoms with Gasteiger partial charge in [-0.05, 0) is 35.9 Å². The first kappa shape index (κ1) is 14.3. The largest absolute Gasteiger partial charge is 0.478 e. The predicted octanol–water partition coefficient (Wildman–Crippen LogP) is 4.98. The van der Waals surface area contributed by atoms with Gasteiger partial charge in [-0.3, -0.25) is 0 Å². The molecule has 1 N–H and O–H groups in total. The van der Waals surface area contributed by atoms with Crippen LogP contribution in [0, 0.1) is 0 Å². The molecule has 0 unspecified atom stereocenters. The van der Waals surface area contributed by atoms with Gasteiger partial charge in [0, 0.05) is 15.7 Å². The fourth-order valence-corrected chi connectivity index (χ4v) is 2.84. The highest BCUT2D eigenvalue weighted by Crippen LogP contribution is 2.27. The summed E-state index contributed by atoms with van der Waals surface area (Å²) in [7, 11) is 0. The van der Waals surface area contributed by atoms with Gasteiger partial charge in [0.15, 0.2) is 0 Å². The van der Waals surface area contributed by atoms with Crippen molar-refractivity contribution in [2.24, 2.45) is 0 Å². The van der Waals surface area contributed by atoms with Gasteiger partial charge in [0.1, 0.15) is 0 Å². The van der Waals surface area contributed by atoms with Crippen molar-refractivity contribution < 1.29 is 9.90 Å². The summed E-state index contributed by atoms with van der Waals surface area (Å²) in [6, 6.07) is 12.6. The minimum atomic E-state index is -1.02. The molecule has 19 heavy (non-hydrogen) atoms. The second-order valence-corrected chi connectivity index (χ2v) is 5.76. The zero-order valence-electron chi connectivity index (χ0n) is 9.77. The number of carboxylic acids is 1. The van der Waals surface area contributed by atoms with Crippen molar-refractivity contribution in [3.8, 4) is 0 Å². The van der Waals surface area contributed by atoms with E-state index in [1.807, 2.05) is 30.3 Å². The van der Waals surface area contributed by atoms with Crippen molar-refractivity contribution in [1.82, 2.24) is 0 Å². The Bertz CT molecular complexity index is 614. The SMILES string of the molecule is O=C(O)c1cc(SCc2cccc(Cl)c2)ccc1Cl. The van der Waals surface area contributed by atoms with Gasteiger partial charge in [-0.15, -0.1) is 11.8 Å². The first-order valence-electron chi connectivity index (χ1n) is 5.46. The predicted molar refractivity (Wildman–Crippen MR) is 79.4 cm³/mol. The third-order valence-electron chi connectivity index (χ3n) is 2.46. The van der Waals surface area contributed by atoms with Gasteiger partial charge in [0.25, 0.3) is 0 Å². The molecule has 98 valence electrons. The molecule has 2 aromatic rings. The summed E-state index contributed by atoms with van der Waals surface area (Å²) >= 11 is 13.3. The minimum Gasteiger partial charge on any atom is -0.478 e. The lowest BCUT2D eigenvalue weighted by atomic mass is 10.2. The maximum Gasteiger partial charge on any atom is 0.337 e. The van der Waals surface area contributed by atoms with Crippen LogP contribution in [0.15, 0.2) is 47.4 Å². The summed E-state index contributed by atoms with van der Waals surface area (Å²) in [5.74, 6) is -0.295. The molecule has 2 nitrogen and oxygen atoms in total. The summed E-state index contributed by atoms with van der Waals surface area (Å²) < 4.78 is 0. The Balaban J connectivity index is 2.12. The normalized spacial score (nSPS) is 10.4. The van der Waals surface area contributed by atoms with Crippen LogP contribution in [0.1, 0.15) is 15.9 Å². The summed E-state index contributed by atoms with van der Waals surface area (Å²) in [4.78, 5) is 11.8. The zero-order chi connectivity index (χ0) is 13.8. The van der Waals surface area contributed by atoms with Crippen LogP contribution in [0.3, 0.4) is 0 Å². The van der Waals surface area contributed by atoms with Gasteiger partial charge < -0.3 is 5.11 Å². The van der Waals surface area contributed by atoms with E-state index in [0.717, 1.165) is 16.2 Å². The van der Waals surface area contributed by atoms with Crippen LogP contribution in [0.4, 0.5) is 0 Å². The molecule has 0 amide bonds. The lowest BCUT2D eigenvalue weighted by molar-refractivity contribution is 0.0697. The lowest BCUT2D eigenvalue weighted by Crippen LogP contribution is -1.97. The molecule has 0 saturated heterocycles. The molecule has 2 rings (SSSR count). The number of halogens is 2. The topological polar surface area (TPSA) is 37.3 Å². The summed E-state index contributed by atoms with van der Waals surface area (Å²) in [5.41, 5.74) is 1.21. The van der Waals surface area contributed by atoms with Gasteiger partial charge in [0.2, 0.25) is 0 Å². The van der Waals surface area contributed by atoms with Crippen molar-refractivity contribution >= 4 is 40.9 Å². The Morgan fingerprint density at radius 1 is 1.16 bits per heavy atom. The van der Waals surface area contributed by atoms with Gasteiger partial charge in [-0.1, -0.05) is 35.3 Å². The number of thioether (sulfide) groups is 1. The van der Waals surface area contributed by atoms with Gasteiger partial charge >= 0.3 is 5.97 Å². The third-order valence-corrected chi connectivity index (χ3v) is 4.09. The second kappa shape index (κ2) is 6.33. The van der Waals surface area contributed by atoms with Crippen LogP contribution in [0.2, 0.25) is 10.0 Å². The average molecular weight is 313 g/mol. The molecule has 0 bridgehead atoms. The number of rotatable bonds is 4. The highest BCUT2D eigenvalue weighted by molar-refractivity contribution is 7.98. The van der Waals surface area contributed by atoms with E-state index in [-0.39, 0.29) is 10.6 Å². The highest BCUT2D eigenvalue weighted by atomic mass is 35.5. The summed E-state index contributed by atoms with van der Waals surface area (Å²) in [6.45, 7) is 0. The van der Waals surface area contributed by atoms with Crippen LogP contribution in [0.5, 0.6) is 0 Å². The van der Waals surface area contributed by atoms with Gasteiger partial charge in [0.05, 0.1) is 10.6 Å². The maximum absolute atomic E-state index is 11.0. The Kier molecular flexibility index (Phi) is 4.75. The van der Waals surface area contributed by atoms with Crippen LogP contribution in [-0.2, 0) is 5.75 Å². The smallest absolute Gasteiger partial charge is 0.337 e. The molecule has 0 aliphatic carbocycles. The fourth-order valence-electron chi connectivity index (χ4n) is 1.55. The Morgan fingerprint density at radius 2 is 1.95 bits per heavy atom. The Morgan fingerprint density at radius 3 is 2.63 bits per heavy atom. The number of hydrogen-bond donors (Lipinski definition) is 1. The van der Waals surface area contributed by atoms with Crippen LogP contribution < -0.4 is 0 Å². The summed E-state index contributed by atoms with van der Waals surface area (Å²) in [5, 5.41) is 9.95. The van der Waals surface area contributed by atoms with E-state index in [2.05, 4.69) is 0 Å². The van der Waals surface area contributed by atoms with Crippen molar-refractivity contribution in [1.29, 1.82) is 0 Å². The molecule has 0 spiro atoms. The van der Waals surface area contributed by atoms with E-state index in [1.54, 1.807) is 23.9 Å². The maximum atomic E-state index is 11.0. The molecule has 0 aliphatic heterocycles. The van der Waals surface area contributed by atoms with Crippen molar-refractivity contribution in [2.75, 3.05) is 0 Å². The van der Waals surface area contributed by atoms with Crippen molar-refractivity contribution in [2.45, 2.75) is 10.6 Å². The zero-order valence-corrected chi connectivity index (χ0v) is 12.1. The van der Waals surface area contributed by atoms with Crippen LogP contribution >= 0.6 is 35.0 Å². The number of hydrogen-bond acceptors (Lipinski definition) is 2. The minimum absolute atomic E-state index is 0.123. The van der Waals surface area contributed by atoms with E-state index in [1.165, 1.54) is 0 Å². The van der Waals surface area contributed by atoms with E-state index in [0.29, 0.717) is 5.02 Å². The van der Waals surface area contributed by atoms with Crippen LogP contribution in [0.25, 0.3) is 0 Å². The average Bonchev–Trinajstić information content (AvgIpc) is 2.37. The van der Waals surface area contributed by atoms with E-state index >= 15 is 0 Å². The molecule has 5 heteroatoms. The first-order chi connectivity index (χ1) is 9.06. The highest BCUT2D eigenvalue weighted by Gasteiger charge is 2.09. The van der Waals surface area contributed by atoms with E-state index in [9.17, 15) is 4.79 Å². The standard InChI is InChI=1S/C14H10Cl2O2S/c15-10-3-1-2-9(6-10)8-19-11-4-5-13(16)12(7-11)14(17)18/h1-7H,8H2,(H,17,18). The quantitative estimate of drug-likeness (QED) is 0.809. The van der Waals surface area contributed by atoms with Crippen molar-refractivity contribution in [3.05, 3.63) is 63.6 Å².